The summed E-state index contributed by atoms with van der Waals surface area (Å²) in [6.07, 6.45) is -0.947. The minimum Gasteiger partial charge on any atom is -0.496 e. The molecular weight excluding hydrogens is 445 g/mol. The van der Waals surface area contributed by atoms with Crippen LogP contribution in [0.25, 0.3) is 0 Å². The normalized spacial score (nSPS) is 18.6. The lowest BCUT2D eigenvalue weighted by atomic mass is 10.1. The predicted molar refractivity (Wildman–Crippen MR) is 107 cm³/mol. The number of nitrogens with zero attached hydrogens (tertiary/aromatic N) is 1. The number of benzene rings is 2. The van der Waals surface area contributed by atoms with Crippen LogP contribution in [0.15, 0.2) is 46.9 Å². The number of methoxy groups -OCH3 is 1. The van der Waals surface area contributed by atoms with Gasteiger partial charge in [-0.1, -0.05) is 34.1 Å². The number of β-amino-alcohol motifs (C(OH)–C–C–N with tert-alkyl or cyclic N) is 1. The van der Waals surface area contributed by atoms with E-state index in [0.717, 1.165) is 4.47 Å². The van der Waals surface area contributed by atoms with Gasteiger partial charge in [0.2, 0.25) is 5.91 Å². The third-order valence-corrected chi connectivity index (χ3v) is 5.28. The summed E-state index contributed by atoms with van der Waals surface area (Å²) in [6.45, 7) is -0.0311. The van der Waals surface area contributed by atoms with E-state index in [1.165, 1.54) is 24.1 Å². The Morgan fingerprint density at radius 3 is 2.72 bits per heavy atom. The van der Waals surface area contributed by atoms with E-state index >= 15 is 0 Å². The smallest absolute Gasteiger partial charge is 0.329 e. The molecule has 1 heterocycles. The molecule has 8 heteroatoms. The molecule has 2 aromatic carbocycles. The summed E-state index contributed by atoms with van der Waals surface area (Å²) < 4.78 is 25.3. The van der Waals surface area contributed by atoms with Gasteiger partial charge in [0, 0.05) is 23.0 Å². The van der Waals surface area contributed by atoms with Gasteiger partial charge in [-0.15, -0.1) is 0 Å². The van der Waals surface area contributed by atoms with Crippen LogP contribution >= 0.6 is 15.9 Å². The molecule has 2 unspecified atom stereocenters. The van der Waals surface area contributed by atoms with Crippen LogP contribution in [-0.2, 0) is 27.4 Å². The van der Waals surface area contributed by atoms with E-state index in [-0.39, 0.29) is 31.6 Å². The Hall–Kier alpha value is -2.45. The number of carbonyl (C=O) groups is 2. The number of amides is 1. The molecule has 29 heavy (non-hydrogen) atoms. The lowest BCUT2D eigenvalue weighted by Gasteiger charge is -2.23. The third-order valence-electron chi connectivity index (χ3n) is 4.78. The van der Waals surface area contributed by atoms with Crippen LogP contribution in [-0.4, -0.2) is 47.7 Å². The fourth-order valence-corrected chi connectivity index (χ4v) is 3.73. The molecule has 1 saturated heterocycles. The van der Waals surface area contributed by atoms with Crippen molar-refractivity contribution in [2.24, 2.45) is 0 Å². The van der Waals surface area contributed by atoms with Gasteiger partial charge in [-0.3, -0.25) is 4.79 Å². The molecule has 1 amide bonds. The van der Waals surface area contributed by atoms with Crippen molar-refractivity contribution in [3.8, 4) is 5.75 Å². The Balaban J connectivity index is 1.68. The fraction of sp³-hybridized carbons (Fsp3) is 0.333. The number of esters is 1. The monoisotopic (exact) mass is 465 g/mol. The molecule has 3 rings (SSSR count). The number of hydrogen-bond acceptors (Lipinski definition) is 5. The minimum atomic E-state index is -0.914. The lowest BCUT2D eigenvalue weighted by Crippen LogP contribution is -2.42. The Kier molecular flexibility index (Phi) is 6.87. The fourth-order valence-electron chi connectivity index (χ4n) is 3.32. The first kappa shape index (κ1) is 21.3. The maximum absolute atomic E-state index is 13.9. The summed E-state index contributed by atoms with van der Waals surface area (Å²) in [6, 6.07) is 10.4. The van der Waals surface area contributed by atoms with Gasteiger partial charge >= 0.3 is 5.97 Å². The molecule has 0 aromatic heterocycles. The van der Waals surface area contributed by atoms with E-state index in [0.29, 0.717) is 11.3 Å². The molecule has 0 radical (unpaired) electrons. The number of hydrogen-bond donors (Lipinski definition) is 1. The Bertz CT molecular complexity index is 906. The quantitative estimate of drug-likeness (QED) is 0.663. The lowest BCUT2D eigenvalue weighted by molar-refractivity contribution is -0.154. The van der Waals surface area contributed by atoms with Crippen molar-refractivity contribution in [3.63, 3.8) is 0 Å². The number of likely N-dealkylation sites (tertiary alicyclic amines) is 1. The van der Waals surface area contributed by atoms with E-state index in [2.05, 4.69) is 15.9 Å². The van der Waals surface area contributed by atoms with Crippen LogP contribution in [0.2, 0.25) is 0 Å². The number of halogens is 2. The first-order valence-electron chi connectivity index (χ1n) is 9.09. The van der Waals surface area contributed by atoms with Crippen molar-refractivity contribution in [1.82, 2.24) is 4.90 Å². The van der Waals surface area contributed by atoms with Crippen LogP contribution < -0.4 is 4.74 Å². The van der Waals surface area contributed by atoms with Gasteiger partial charge in [-0.25, -0.2) is 9.18 Å². The standard InChI is InChI=1S/C21H21BrFNO5/c1-28-19-7-6-15(22)8-14(19)12-29-21(27)18-10-16(25)11-24(18)20(26)9-13-4-2-3-5-17(13)23/h2-8,16,18,25H,9-12H2,1H3. The maximum Gasteiger partial charge on any atom is 0.329 e. The summed E-state index contributed by atoms with van der Waals surface area (Å²) >= 11 is 3.36. The largest absolute Gasteiger partial charge is 0.496 e. The van der Waals surface area contributed by atoms with E-state index in [1.807, 2.05) is 0 Å². The molecule has 1 N–H and O–H groups in total. The van der Waals surface area contributed by atoms with Crippen LogP contribution in [0.1, 0.15) is 17.5 Å². The SMILES string of the molecule is COc1ccc(Br)cc1COC(=O)C1CC(O)CN1C(=O)Cc1ccccc1F. The number of aliphatic hydroxyl groups excluding tert-OH is 1. The van der Waals surface area contributed by atoms with E-state index in [1.54, 1.807) is 30.3 Å². The molecule has 1 aliphatic rings. The van der Waals surface area contributed by atoms with E-state index in [4.69, 9.17) is 9.47 Å². The highest BCUT2D eigenvalue weighted by molar-refractivity contribution is 9.10. The van der Waals surface area contributed by atoms with E-state index in [9.17, 15) is 19.1 Å². The van der Waals surface area contributed by atoms with Crippen LogP contribution in [0.4, 0.5) is 4.39 Å². The highest BCUT2D eigenvalue weighted by atomic mass is 79.9. The number of carbonyl (C=O) groups excluding carboxylic acids is 2. The van der Waals surface area contributed by atoms with Gasteiger partial charge in [0.15, 0.2) is 0 Å². The van der Waals surface area contributed by atoms with Crippen molar-refractivity contribution < 1.29 is 28.6 Å². The first-order chi connectivity index (χ1) is 13.9. The van der Waals surface area contributed by atoms with Gasteiger partial charge in [0.05, 0.1) is 19.6 Å². The zero-order valence-electron chi connectivity index (χ0n) is 15.8. The van der Waals surface area contributed by atoms with Gasteiger partial charge < -0.3 is 19.5 Å². The molecule has 2 aromatic rings. The average Bonchev–Trinajstić information content (AvgIpc) is 3.10. The van der Waals surface area contributed by atoms with Crippen molar-refractivity contribution in [2.75, 3.05) is 13.7 Å². The highest BCUT2D eigenvalue weighted by Gasteiger charge is 2.40. The minimum absolute atomic E-state index is 0.00720. The highest BCUT2D eigenvalue weighted by Crippen LogP contribution is 2.25. The topological polar surface area (TPSA) is 76.1 Å². The van der Waals surface area contributed by atoms with Gasteiger partial charge in [0.25, 0.3) is 0 Å². The maximum atomic E-state index is 13.9. The van der Waals surface area contributed by atoms with Gasteiger partial charge in [-0.2, -0.15) is 0 Å². The summed E-state index contributed by atoms with van der Waals surface area (Å²) in [5.41, 5.74) is 0.905. The number of ether oxygens (including phenoxy) is 2. The van der Waals surface area contributed by atoms with Crippen LogP contribution in [0, 0.1) is 5.82 Å². The van der Waals surface area contributed by atoms with Crippen molar-refractivity contribution in [2.45, 2.75) is 31.6 Å². The molecule has 1 fully saturated rings. The Morgan fingerprint density at radius 2 is 2.00 bits per heavy atom. The van der Waals surface area contributed by atoms with Gasteiger partial charge in [-0.05, 0) is 29.8 Å². The Morgan fingerprint density at radius 1 is 1.24 bits per heavy atom. The zero-order chi connectivity index (χ0) is 21.0. The molecule has 1 aliphatic heterocycles. The van der Waals surface area contributed by atoms with Crippen LogP contribution in [0.3, 0.4) is 0 Å². The molecule has 0 saturated carbocycles. The third kappa shape index (κ3) is 5.13. The molecule has 154 valence electrons. The molecular formula is C21H21BrFNO5. The molecule has 0 bridgehead atoms. The molecule has 2 atom stereocenters. The summed E-state index contributed by atoms with van der Waals surface area (Å²) in [5.74, 6) is -0.972. The summed E-state index contributed by atoms with van der Waals surface area (Å²) in [5, 5.41) is 9.99. The second-order valence-electron chi connectivity index (χ2n) is 6.78. The summed E-state index contributed by atoms with van der Waals surface area (Å²) in [7, 11) is 1.52. The second-order valence-corrected chi connectivity index (χ2v) is 7.70. The van der Waals surface area contributed by atoms with Crippen molar-refractivity contribution in [1.29, 1.82) is 0 Å². The van der Waals surface area contributed by atoms with Gasteiger partial charge in [0.1, 0.15) is 24.2 Å². The average molecular weight is 466 g/mol. The van der Waals surface area contributed by atoms with Crippen molar-refractivity contribution in [3.05, 3.63) is 63.9 Å². The van der Waals surface area contributed by atoms with Crippen molar-refractivity contribution >= 4 is 27.8 Å². The van der Waals surface area contributed by atoms with Crippen LogP contribution in [0.5, 0.6) is 5.75 Å². The number of aliphatic hydroxyl groups is 1. The molecule has 0 spiro atoms. The molecule has 6 nitrogen and oxygen atoms in total. The van der Waals surface area contributed by atoms with E-state index < -0.39 is 29.8 Å². The zero-order valence-corrected chi connectivity index (χ0v) is 17.4. The predicted octanol–water partition coefficient (Wildman–Crippen LogP) is 2.84. The summed E-state index contributed by atoms with van der Waals surface area (Å²) in [4.78, 5) is 26.6. The molecule has 0 aliphatic carbocycles. The second kappa shape index (κ2) is 9.37. The number of rotatable bonds is 6. The first-order valence-corrected chi connectivity index (χ1v) is 9.88. The Labute approximate surface area is 176 Å².